The summed E-state index contributed by atoms with van der Waals surface area (Å²) < 4.78 is 0. The van der Waals surface area contributed by atoms with E-state index in [0.29, 0.717) is 30.4 Å². The van der Waals surface area contributed by atoms with Crippen LogP contribution >= 0.6 is 0 Å². The molecule has 0 saturated carbocycles. The molecule has 0 aromatic heterocycles. The number of carbonyl (C=O) groups is 2. The molecule has 0 aromatic rings. The molecule has 0 amide bonds. The third-order valence-corrected chi connectivity index (χ3v) is 2.42. The Bertz CT molecular complexity index is 277. The van der Waals surface area contributed by atoms with E-state index in [9.17, 15) is 9.59 Å². The molecular formula is C9H12O4. The van der Waals surface area contributed by atoms with Gasteiger partial charge in [0.25, 0.3) is 0 Å². The molecule has 0 spiro atoms. The molecular weight excluding hydrogens is 172 g/mol. The third-order valence-electron chi connectivity index (χ3n) is 2.42. The quantitative estimate of drug-likeness (QED) is 0.677. The van der Waals surface area contributed by atoms with E-state index in [4.69, 9.17) is 10.2 Å². The first kappa shape index (κ1) is 9.77. The van der Waals surface area contributed by atoms with Crippen LogP contribution in [-0.2, 0) is 9.59 Å². The van der Waals surface area contributed by atoms with Gasteiger partial charge in [0.1, 0.15) is 0 Å². The van der Waals surface area contributed by atoms with Crippen LogP contribution in [0.3, 0.4) is 0 Å². The molecule has 1 atom stereocenters. The highest BCUT2D eigenvalue weighted by molar-refractivity contribution is 5.88. The van der Waals surface area contributed by atoms with E-state index in [0.717, 1.165) is 0 Å². The fraction of sp³-hybridized carbons (Fsp3) is 0.556. The molecule has 0 radical (unpaired) electrons. The largest absolute Gasteiger partial charge is 0.481 e. The summed E-state index contributed by atoms with van der Waals surface area (Å²) in [5.74, 6) is -2.15. The second-order valence-electron chi connectivity index (χ2n) is 3.34. The molecule has 2 N–H and O–H groups in total. The van der Waals surface area contributed by atoms with Crippen LogP contribution in [0.1, 0.15) is 26.2 Å². The van der Waals surface area contributed by atoms with Crippen LogP contribution in [0, 0.1) is 5.92 Å². The standard InChI is InChI=1S/C9H12O4/c1-5-4-6(8(10)11)2-3-7(5)9(12)13/h6H,2-4H2,1H3,(H,10,11)(H,12,13). The maximum absolute atomic E-state index is 10.6. The van der Waals surface area contributed by atoms with Crippen molar-refractivity contribution < 1.29 is 19.8 Å². The van der Waals surface area contributed by atoms with Gasteiger partial charge in [0.2, 0.25) is 0 Å². The van der Waals surface area contributed by atoms with Gasteiger partial charge in [-0.1, -0.05) is 5.57 Å². The lowest BCUT2D eigenvalue weighted by Gasteiger charge is -2.20. The van der Waals surface area contributed by atoms with Gasteiger partial charge in [-0.3, -0.25) is 4.79 Å². The van der Waals surface area contributed by atoms with Gasteiger partial charge in [-0.15, -0.1) is 0 Å². The Morgan fingerprint density at radius 3 is 2.38 bits per heavy atom. The van der Waals surface area contributed by atoms with Crippen molar-refractivity contribution in [1.82, 2.24) is 0 Å². The second-order valence-corrected chi connectivity index (χ2v) is 3.34. The summed E-state index contributed by atoms with van der Waals surface area (Å²) in [6.45, 7) is 1.69. The Kier molecular flexibility index (Phi) is 2.70. The van der Waals surface area contributed by atoms with E-state index in [1.807, 2.05) is 0 Å². The first-order valence-corrected chi connectivity index (χ1v) is 4.17. The zero-order valence-electron chi connectivity index (χ0n) is 7.41. The van der Waals surface area contributed by atoms with Crippen LogP contribution in [0.15, 0.2) is 11.1 Å². The SMILES string of the molecule is CC1=C(C(=O)O)CCC(C(=O)O)C1. The average molecular weight is 184 g/mol. The van der Waals surface area contributed by atoms with Crippen LogP contribution < -0.4 is 0 Å². The molecule has 0 heterocycles. The minimum absolute atomic E-state index is 0.372. The van der Waals surface area contributed by atoms with Gasteiger partial charge in [-0.25, -0.2) is 4.79 Å². The van der Waals surface area contributed by atoms with Crippen molar-refractivity contribution in [3.05, 3.63) is 11.1 Å². The van der Waals surface area contributed by atoms with Crippen molar-refractivity contribution in [2.75, 3.05) is 0 Å². The monoisotopic (exact) mass is 184 g/mol. The van der Waals surface area contributed by atoms with E-state index >= 15 is 0 Å². The van der Waals surface area contributed by atoms with E-state index < -0.39 is 17.9 Å². The summed E-state index contributed by atoms with van der Waals surface area (Å²) in [5, 5.41) is 17.4. The van der Waals surface area contributed by atoms with Crippen LogP contribution in [0.4, 0.5) is 0 Å². The van der Waals surface area contributed by atoms with Crippen molar-refractivity contribution in [1.29, 1.82) is 0 Å². The highest BCUT2D eigenvalue weighted by atomic mass is 16.4. The van der Waals surface area contributed by atoms with Gasteiger partial charge in [0, 0.05) is 5.57 Å². The van der Waals surface area contributed by atoms with Crippen LogP contribution in [0.5, 0.6) is 0 Å². The summed E-state index contributed by atoms with van der Waals surface area (Å²) in [5.41, 5.74) is 1.09. The van der Waals surface area contributed by atoms with Crippen LogP contribution in [0.25, 0.3) is 0 Å². The van der Waals surface area contributed by atoms with Crippen LogP contribution in [0.2, 0.25) is 0 Å². The van der Waals surface area contributed by atoms with Gasteiger partial charge in [-0.2, -0.15) is 0 Å². The van der Waals surface area contributed by atoms with E-state index in [-0.39, 0.29) is 0 Å². The molecule has 4 heteroatoms. The Hall–Kier alpha value is -1.32. The highest BCUT2D eigenvalue weighted by Gasteiger charge is 2.26. The van der Waals surface area contributed by atoms with Gasteiger partial charge in [-0.05, 0) is 26.2 Å². The topological polar surface area (TPSA) is 74.6 Å². The first-order chi connectivity index (χ1) is 6.02. The second kappa shape index (κ2) is 3.60. The molecule has 0 bridgehead atoms. The summed E-state index contributed by atoms with van der Waals surface area (Å²) in [4.78, 5) is 21.2. The van der Waals surface area contributed by atoms with Crippen molar-refractivity contribution in [2.45, 2.75) is 26.2 Å². The average Bonchev–Trinajstić information content (AvgIpc) is 2.03. The van der Waals surface area contributed by atoms with Gasteiger partial charge >= 0.3 is 11.9 Å². The molecule has 0 aromatic carbocycles. The Balaban J connectivity index is 2.78. The molecule has 72 valence electrons. The number of allylic oxidation sites excluding steroid dienone is 1. The van der Waals surface area contributed by atoms with Crippen LogP contribution in [-0.4, -0.2) is 22.2 Å². The summed E-state index contributed by atoms with van der Waals surface area (Å²) in [7, 11) is 0. The van der Waals surface area contributed by atoms with E-state index in [1.165, 1.54) is 0 Å². The number of hydrogen-bond donors (Lipinski definition) is 2. The zero-order chi connectivity index (χ0) is 10.0. The summed E-state index contributed by atoms with van der Waals surface area (Å²) in [6.07, 6.45) is 1.18. The third kappa shape index (κ3) is 2.08. The molecule has 1 aliphatic carbocycles. The van der Waals surface area contributed by atoms with Crippen molar-refractivity contribution >= 4 is 11.9 Å². The van der Waals surface area contributed by atoms with Crippen molar-refractivity contribution in [2.24, 2.45) is 5.92 Å². The summed E-state index contributed by atoms with van der Waals surface area (Å²) in [6, 6.07) is 0. The maximum Gasteiger partial charge on any atom is 0.331 e. The predicted molar refractivity (Wildman–Crippen MR) is 45.3 cm³/mol. The van der Waals surface area contributed by atoms with Gasteiger partial charge in [0.15, 0.2) is 0 Å². The molecule has 1 rings (SSSR count). The van der Waals surface area contributed by atoms with E-state index in [2.05, 4.69) is 0 Å². The zero-order valence-corrected chi connectivity index (χ0v) is 7.41. The normalized spacial score (nSPS) is 23.0. The number of carboxylic acids is 2. The molecule has 0 fully saturated rings. The number of aliphatic carboxylic acids is 2. The lowest BCUT2D eigenvalue weighted by atomic mass is 9.84. The fourth-order valence-corrected chi connectivity index (χ4v) is 1.63. The lowest BCUT2D eigenvalue weighted by molar-refractivity contribution is -0.142. The Morgan fingerprint density at radius 1 is 1.38 bits per heavy atom. The predicted octanol–water partition coefficient (Wildman–Crippen LogP) is 1.27. The maximum atomic E-state index is 10.6. The summed E-state index contributed by atoms with van der Waals surface area (Å²) >= 11 is 0. The lowest BCUT2D eigenvalue weighted by Crippen LogP contribution is -2.20. The Morgan fingerprint density at radius 2 is 2.00 bits per heavy atom. The van der Waals surface area contributed by atoms with Crippen molar-refractivity contribution in [3.63, 3.8) is 0 Å². The first-order valence-electron chi connectivity index (χ1n) is 4.17. The minimum atomic E-state index is -0.915. The molecule has 1 unspecified atom stereocenters. The Labute approximate surface area is 75.9 Å². The van der Waals surface area contributed by atoms with Gasteiger partial charge < -0.3 is 10.2 Å². The molecule has 13 heavy (non-hydrogen) atoms. The van der Waals surface area contributed by atoms with Crippen molar-refractivity contribution in [3.8, 4) is 0 Å². The number of carboxylic acid groups (broad SMARTS) is 2. The molecule has 1 aliphatic rings. The molecule has 0 aliphatic heterocycles. The van der Waals surface area contributed by atoms with Gasteiger partial charge in [0.05, 0.1) is 5.92 Å². The number of rotatable bonds is 2. The molecule has 4 nitrogen and oxygen atoms in total. The number of hydrogen-bond acceptors (Lipinski definition) is 2. The minimum Gasteiger partial charge on any atom is -0.481 e. The fourth-order valence-electron chi connectivity index (χ4n) is 1.63. The smallest absolute Gasteiger partial charge is 0.331 e. The highest BCUT2D eigenvalue weighted by Crippen LogP contribution is 2.29. The van der Waals surface area contributed by atoms with E-state index in [1.54, 1.807) is 6.92 Å². The molecule has 0 saturated heterocycles.